The Balaban J connectivity index is 3.31. The normalized spacial score (nSPS) is 11.7. The minimum Gasteiger partial charge on any atom is -0.477 e. The lowest BCUT2D eigenvalue weighted by atomic mass is 10.1. The van der Waals surface area contributed by atoms with Crippen molar-refractivity contribution >= 4 is 29.0 Å². The van der Waals surface area contributed by atoms with Crippen LogP contribution in [0.25, 0.3) is 5.57 Å². The summed E-state index contributed by atoms with van der Waals surface area (Å²) >= 11 is 1.40. The van der Waals surface area contributed by atoms with Crippen molar-refractivity contribution in [1.29, 1.82) is 5.26 Å². The number of carbonyl (C=O) groups is 1. The van der Waals surface area contributed by atoms with Crippen molar-refractivity contribution in [2.24, 2.45) is 0 Å². The van der Waals surface area contributed by atoms with Crippen molar-refractivity contribution in [2.75, 3.05) is 23.7 Å². The molecule has 1 N–H and O–H groups in total. The first-order valence-electron chi connectivity index (χ1n) is 8.77. The van der Waals surface area contributed by atoms with Crippen LogP contribution in [-0.2, 0) is 4.79 Å². The number of aliphatic carboxylic acids is 1. The Bertz CT molecular complexity index is 787. The standard InChI is InChI=1S/C21H26N2O3S/c1-6-23(7-2)17-9-10-19(15(4)5)20(12-17)26-14-18(27-8-3)11-16(13-22)21(24)25/h9-12,14H,4,6-8H2,1-3,5H3,(H,24,25)/b16-11+,18-14-. The van der Waals surface area contributed by atoms with Crippen molar-refractivity contribution in [3.05, 3.63) is 53.2 Å². The van der Waals surface area contributed by atoms with Crippen LogP contribution in [0, 0.1) is 11.3 Å². The number of nitrogens with zero attached hydrogens (tertiary/aromatic N) is 2. The minimum atomic E-state index is -1.26. The maximum atomic E-state index is 11.1. The van der Waals surface area contributed by atoms with E-state index in [-0.39, 0.29) is 5.57 Å². The highest BCUT2D eigenvalue weighted by molar-refractivity contribution is 8.03. The zero-order valence-electron chi connectivity index (χ0n) is 16.3. The summed E-state index contributed by atoms with van der Waals surface area (Å²) in [7, 11) is 0. The topological polar surface area (TPSA) is 73.6 Å². The lowest BCUT2D eigenvalue weighted by Gasteiger charge is -2.22. The van der Waals surface area contributed by atoms with E-state index in [0.29, 0.717) is 10.7 Å². The second kappa shape index (κ2) is 11.1. The van der Waals surface area contributed by atoms with Crippen LogP contribution in [0.1, 0.15) is 33.3 Å². The van der Waals surface area contributed by atoms with Crippen molar-refractivity contribution < 1.29 is 14.6 Å². The second-order valence-corrected chi connectivity index (χ2v) is 7.02. The number of allylic oxidation sites excluding steroid dienone is 2. The summed E-state index contributed by atoms with van der Waals surface area (Å²) in [6, 6.07) is 7.65. The molecule has 0 saturated heterocycles. The summed E-state index contributed by atoms with van der Waals surface area (Å²) in [5.41, 5.74) is 2.46. The molecule has 0 aliphatic carbocycles. The fourth-order valence-electron chi connectivity index (χ4n) is 2.43. The lowest BCUT2D eigenvalue weighted by Crippen LogP contribution is -2.21. The van der Waals surface area contributed by atoms with E-state index in [1.807, 2.05) is 32.0 Å². The quantitative estimate of drug-likeness (QED) is 0.262. The van der Waals surface area contributed by atoms with E-state index in [1.165, 1.54) is 24.1 Å². The third-order valence-corrected chi connectivity index (χ3v) is 4.64. The second-order valence-electron chi connectivity index (χ2n) is 5.68. The van der Waals surface area contributed by atoms with E-state index in [1.54, 1.807) is 6.07 Å². The van der Waals surface area contributed by atoms with Gasteiger partial charge < -0.3 is 14.7 Å². The molecular formula is C21H26N2O3S. The number of carboxylic acids is 1. The van der Waals surface area contributed by atoms with Gasteiger partial charge >= 0.3 is 5.97 Å². The van der Waals surface area contributed by atoms with Crippen molar-refractivity contribution in [1.82, 2.24) is 0 Å². The van der Waals surface area contributed by atoms with Gasteiger partial charge in [0.05, 0.1) is 0 Å². The van der Waals surface area contributed by atoms with Gasteiger partial charge in [0.25, 0.3) is 0 Å². The number of ether oxygens (including phenoxy) is 1. The Morgan fingerprint density at radius 3 is 2.52 bits per heavy atom. The van der Waals surface area contributed by atoms with Gasteiger partial charge in [0.1, 0.15) is 23.7 Å². The highest BCUT2D eigenvalue weighted by atomic mass is 32.2. The Morgan fingerprint density at radius 2 is 2.04 bits per heavy atom. The molecule has 0 bridgehead atoms. The zero-order chi connectivity index (χ0) is 20.4. The maximum Gasteiger partial charge on any atom is 0.346 e. The fourth-order valence-corrected chi connectivity index (χ4v) is 3.08. The number of anilines is 1. The Morgan fingerprint density at radius 1 is 1.37 bits per heavy atom. The largest absolute Gasteiger partial charge is 0.477 e. The molecule has 0 amide bonds. The van der Waals surface area contributed by atoms with E-state index in [2.05, 4.69) is 25.3 Å². The van der Waals surface area contributed by atoms with Crippen LogP contribution in [0.3, 0.4) is 0 Å². The molecule has 5 nitrogen and oxygen atoms in total. The van der Waals surface area contributed by atoms with Gasteiger partial charge in [-0.1, -0.05) is 13.5 Å². The van der Waals surface area contributed by atoms with E-state index in [0.717, 1.165) is 35.7 Å². The van der Waals surface area contributed by atoms with Gasteiger partial charge in [-0.2, -0.15) is 5.26 Å². The predicted molar refractivity (Wildman–Crippen MR) is 113 cm³/mol. The number of rotatable bonds is 10. The molecule has 0 fully saturated rings. The molecule has 0 aromatic heterocycles. The summed E-state index contributed by atoms with van der Waals surface area (Å²) in [5, 5.41) is 18.0. The first-order valence-corrected chi connectivity index (χ1v) is 9.75. The molecule has 1 rings (SSSR count). The number of hydrogen-bond acceptors (Lipinski definition) is 5. The Kier molecular flexibility index (Phi) is 9.24. The van der Waals surface area contributed by atoms with Gasteiger partial charge in [0.15, 0.2) is 0 Å². The Hall–Kier alpha value is -2.65. The van der Waals surface area contributed by atoms with Crippen LogP contribution in [0.2, 0.25) is 0 Å². The van der Waals surface area contributed by atoms with E-state index >= 15 is 0 Å². The molecule has 0 atom stereocenters. The Labute approximate surface area is 165 Å². The molecule has 0 spiro atoms. The summed E-state index contributed by atoms with van der Waals surface area (Å²) in [4.78, 5) is 13.9. The maximum absolute atomic E-state index is 11.1. The molecule has 1 aromatic rings. The van der Waals surface area contributed by atoms with Crippen molar-refractivity contribution in [3.63, 3.8) is 0 Å². The molecule has 0 heterocycles. The first-order chi connectivity index (χ1) is 12.9. The summed E-state index contributed by atoms with van der Waals surface area (Å²) in [5.74, 6) is 0.103. The number of nitriles is 1. The smallest absolute Gasteiger partial charge is 0.346 e. The van der Waals surface area contributed by atoms with E-state index < -0.39 is 5.97 Å². The van der Waals surface area contributed by atoms with Crippen molar-refractivity contribution in [2.45, 2.75) is 27.7 Å². The first kappa shape index (κ1) is 22.4. The number of benzene rings is 1. The summed E-state index contributed by atoms with van der Waals surface area (Å²) in [6.07, 6.45) is 2.81. The molecule has 0 saturated carbocycles. The molecule has 27 heavy (non-hydrogen) atoms. The van der Waals surface area contributed by atoms with E-state index in [9.17, 15) is 4.79 Å². The van der Waals surface area contributed by atoms with Crippen LogP contribution < -0.4 is 9.64 Å². The summed E-state index contributed by atoms with van der Waals surface area (Å²) in [6.45, 7) is 13.8. The third kappa shape index (κ3) is 6.54. The monoisotopic (exact) mass is 386 g/mol. The van der Waals surface area contributed by atoms with Gasteiger partial charge in [-0.15, -0.1) is 11.8 Å². The molecule has 1 aromatic carbocycles. The van der Waals surface area contributed by atoms with Gasteiger partial charge in [0.2, 0.25) is 0 Å². The lowest BCUT2D eigenvalue weighted by molar-refractivity contribution is -0.132. The molecule has 0 aliphatic rings. The number of hydrogen-bond donors (Lipinski definition) is 1. The number of carboxylic acid groups (broad SMARTS) is 1. The highest BCUT2D eigenvalue weighted by Crippen LogP contribution is 2.31. The minimum absolute atomic E-state index is 0.331. The molecule has 144 valence electrons. The molecule has 0 unspecified atom stereocenters. The zero-order valence-corrected chi connectivity index (χ0v) is 17.1. The highest BCUT2D eigenvalue weighted by Gasteiger charge is 2.11. The van der Waals surface area contributed by atoms with Gasteiger partial charge in [0, 0.05) is 35.3 Å². The molecule has 0 radical (unpaired) electrons. The van der Waals surface area contributed by atoms with Gasteiger partial charge in [-0.25, -0.2) is 4.79 Å². The summed E-state index contributed by atoms with van der Waals surface area (Å²) < 4.78 is 5.90. The average molecular weight is 387 g/mol. The molecule has 6 heteroatoms. The molecular weight excluding hydrogens is 360 g/mol. The van der Waals surface area contributed by atoms with Crippen LogP contribution in [0.5, 0.6) is 5.75 Å². The van der Waals surface area contributed by atoms with Crippen LogP contribution >= 0.6 is 11.8 Å². The van der Waals surface area contributed by atoms with Gasteiger partial charge in [-0.3, -0.25) is 0 Å². The van der Waals surface area contributed by atoms with Crippen LogP contribution in [0.15, 0.2) is 47.6 Å². The van der Waals surface area contributed by atoms with Gasteiger partial charge in [-0.05, 0) is 50.3 Å². The fraction of sp³-hybridized carbons (Fsp3) is 0.333. The third-order valence-electron chi connectivity index (χ3n) is 3.80. The average Bonchev–Trinajstić information content (AvgIpc) is 2.64. The SMILES string of the molecule is C=C(C)c1ccc(N(CC)CC)cc1O/C=C(/C=C(\C#N)C(=O)O)SCC. The molecule has 0 aliphatic heterocycles. The van der Waals surface area contributed by atoms with E-state index in [4.69, 9.17) is 15.1 Å². The van der Waals surface area contributed by atoms with Crippen molar-refractivity contribution in [3.8, 4) is 11.8 Å². The van der Waals surface area contributed by atoms with Crippen LogP contribution in [0.4, 0.5) is 5.69 Å². The van der Waals surface area contributed by atoms with Crippen LogP contribution in [-0.4, -0.2) is 29.9 Å². The number of thioether (sulfide) groups is 1. The predicted octanol–water partition coefficient (Wildman–Crippen LogP) is 5.07.